The SMILES string of the molecule is Cc1ccc(C(=O)N2CCN(C3CNC3)CC2)c(=O)[nH]1. The number of carbonyl (C=O) groups is 1. The molecule has 2 aliphatic rings. The number of aromatic nitrogens is 1. The maximum absolute atomic E-state index is 12.4. The minimum absolute atomic E-state index is 0.155. The lowest BCUT2D eigenvalue weighted by Crippen LogP contribution is -2.62. The van der Waals surface area contributed by atoms with Gasteiger partial charge in [0.05, 0.1) is 0 Å². The number of hydrogen-bond acceptors (Lipinski definition) is 4. The lowest BCUT2D eigenvalue weighted by Gasteiger charge is -2.43. The highest BCUT2D eigenvalue weighted by atomic mass is 16.2. The Hall–Kier alpha value is -1.66. The highest BCUT2D eigenvalue weighted by Crippen LogP contribution is 2.11. The average Bonchev–Trinajstić information content (AvgIpc) is 2.37. The predicted octanol–water partition coefficient (Wildman–Crippen LogP) is -0.587. The van der Waals surface area contributed by atoms with E-state index in [0.717, 1.165) is 31.9 Å². The summed E-state index contributed by atoms with van der Waals surface area (Å²) < 4.78 is 0. The van der Waals surface area contributed by atoms with Gasteiger partial charge in [-0.05, 0) is 19.1 Å². The van der Waals surface area contributed by atoms with E-state index in [0.29, 0.717) is 19.1 Å². The molecule has 1 aromatic rings. The number of pyridine rings is 1. The largest absolute Gasteiger partial charge is 0.336 e. The summed E-state index contributed by atoms with van der Waals surface area (Å²) in [6, 6.07) is 4.01. The standard InChI is InChI=1S/C14H20N4O2/c1-10-2-3-12(13(19)16-10)14(20)18-6-4-17(5-7-18)11-8-15-9-11/h2-3,11,15H,4-9H2,1H3,(H,16,19). The fourth-order valence-corrected chi connectivity index (χ4v) is 2.73. The van der Waals surface area contributed by atoms with E-state index >= 15 is 0 Å². The van der Waals surface area contributed by atoms with Gasteiger partial charge in [0, 0.05) is 51.0 Å². The molecule has 0 atom stereocenters. The first-order chi connectivity index (χ1) is 9.65. The van der Waals surface area contributed by atoms with Crippen LogP contribution in [0.25, 0.3) is 0 Å². The lowest BCUT2D eigenvalue weighted by atomic mass is 10.1. The first kappa shape index (κ1) is 13.3. The van der Waals surface area contributed by atoms with Gasteiger partial charge in [-0.15, -0.1) is 0 Å². The van der Waals surface area contributed by atoms with Crippen molar-refractivity contribution in [1.82, 2.24) is 20.1 Å². The van der Waals surface area contributed by atoms with Crippen molar-refractivity contribution in [3.05, 3.63) is 33.7 Å². The lowest BCUT2D eigenvalue weighted by molar-refractivity contribution is 0.0500. The second-order valence-corrected chi connectivity index (χ2v) is 5.52. The third-order valence-electron chi connectivity index (χ3n) is 4.16. The molecule has 2 aliphatic heterocycles. The first-order valence-corrected chi connectivity index (χ1v) is 7.09. The molecule has 6 heteroatoms. The molecule has 3 heterocycles. The van der Waals surface area contributed by atoms with Gasteiger partial charge < -0.3 is 15.2 Å². The topological polar surface area (TPSA) is 68.4 Å². The van der Waals surface area contributed by atoms with Gasteiger partial charge in [0.2, 0.25) is 0 Å². The molecule has 0 spiro atoms. The molecule has 6 nitrogen and oxygen atoms in total. The van der Waals surface area contributed by atoms with Crippen molar-refractivity contribution in [2.45, 2.75) is 13.0 Å². The number of rotatable bonds is 2. The molecule has 108 valence electrons. The quantitative estimate of drug-likeness (QED) is 0.758. The number of aryl methyl sites for hydroxylation is 1. The third kappa shape index (κ3) is 2.48. The zero-order valence-electron chi connectivity index (χ0n) is 11.7. The monoisotopic (exact) mass is 276 g/mol. The van der Waals surface area contributed by atoms with E-state index in [-0.39, 0.29) is 17.0 Å². The van der Waals surface area contributed by atoms with Gasteiger partial charge in [0.15, 0.2) is 0 Å². The Morgan fingerprint density at radius 3 is 2.45 bits per heavy atom. The molecule has 2 fully saturated rings. The molecule has 0 aliphatic carbocycles. The Kier molecular flexibility index (Phi) is 3.58. The van der Waals surface area contributed by atoms with E-state index in [4.69, 9.17) is 0 Å². The summed E-state index contributed by atoms with van der Waals surface area (Å²) in [4.78, 5) is 31.1. The molecule has 0 saturated carbocycles. The molecule has 1 amide bonds. The summed E-state index contributed by atoms with van der Waals surface area (Å²) in [5, 5.41) is 3.26. The van der Waals surface area contributed by atoms with Gasteiger partial charge in [-0.25, -0.2) is 0 Å². The minimum Gasteiger partial charge on any atom is -0.336 e. The Bertz CT molecular complexity index is 557. The molecule has 2 N–H and O–H groups in total. The number of nitrogens with one attached hydrogen (secondary N) is 2. The molecule has 2 saturated heterocycles. The molecule has 20 heavy (non-hydrogen) atoms. The molecule has 0 unspecified atom stereocenters. The van der Waals surface area contributed by atoms with Gasteiger partial charge in [0.25, 0.3) is 11.5 Å². The van der Waals surface area contributed by atoms with E-state index in [9.17, 15) is 9.59 Å². The summed E-state index contributed by atoms with van der Waals surface area (Å²) in [7, 11) is 0. The van der Waals surface area contributed by atoms with Crippen LogP contribution in [0.1, 0.15) is 16.1 Å². The maximum Gasteiger partial charge on any atom is 0.260 e. The molecule has 0 bridgehead atoms. The molecule has 3 rings (SSSR count). The van der Waals surface area contributed by atoms with Crippen LogP contribution in [0, 0.1) is 6.92 Å². The Morgan fingerprint density at radius 2 is 1.90 bits per heavy atom. The highest BCUT2D eigenvalue weighted by Gasteiger charge is 2.29. The molecular formula is C14H20N4O2. The van der Waals surface area contributed by atoms with Gasteiger partial charge in [-0.2, -0.15) is 0 Å². The maximum atomic E-state index is 12.4. The Morgan fingerprint density at radius 1 is 1.20 bits per heavy atom. The van der Waals surface area contributed by atoms with Crippen LogP contribution in [0.3, 0.4) is 0 Å². The zero-order chi connectivity index (χ0) is 14.1. The summed E-state index contributed by atoms with van der Waals surface area (Å²) in [5.74, 6) is -0.155. The van der Waals surface area contributed by atoms with E-state index in [1.165, 1.54) is 0 Å². The van der Waals surface area contributed by atoms with Crippen LogP contribution >= 0.6 is 0 Å². The number of carbonyl (C=O) groups excluding carboxylic acids is 1. The highest BCUT2D eigenvalue weighted by molar-refractivity contribution is 5.93. The summed E-state index contributed by atoms with van der Waals surface area (Å²) in [5.41, 5.74) is 0.726. The van der Waals surface area contributed by atoms with Gasteiger partial charge >= 0.3 is 0 Å². The van der Waals surface area contributed by atoms with Crippen LogP contribution in [0.5, 0.6) is 0 Å². The van der Waals surface area contributed by atoms with Gasteiger partial charge in [-0.1, -0.05) is 0 Å². The zero-order valence-corrected chi connectivity index (χ0v) is 11.7. The number of amides is 1. The van der Waals surface area contributed by atoms with Crippen molar-refractivity contribution in [2.24, 2.45) is 0 Å². The third-order valence-corrected chi connectivity index (χ3v) is 4.16. The predicted molar refractivity (Wildman–Crippen MR) is 75.9 cm³/mol. The molecule has 0 radical (unpaired) electrons. The first-order valence-electron chi connectivity index (χ1n) is 7.09. The van der Waals surface area contributed by atoms with Crippen LogP contribution in [0.4, 0.5) is 0 Å². The number of piperazine rings is 1. The number of H-pyrrole nitrogens is 1. The fraction of sp³-hybridized carbons (Fsp3) is 0.571. The molecule has 0 aromatic carbocycles. The summed E-state index contributed by atoms with van der Waals surface area (Å²) in [6.45, 7) is 7.08. The van der Waals surface area contributed by atoms with Gasteiger partial charge in [0.1, 0.15) is 5.56 Å². The van der Waals surface area contributed by atoms with Crippen LogP contribution in [0.15, 0.2) is 16.9 Å². The van der Waals surface area contributed by atoms with Crippen molar-refractivity contribution < 1.29 is 4.79 Å². The van der Waals surface area contributed by atoms with E-state index < -0.39 is 0 Å². The number of nitrogens with zero attached hydrogens (tertiary/aromatic N) is 2. The van der Waals surface area contributed by atoms with Crippen molar-refractivity contribution >= 4 is 5.91 Å². The number of hydrogen-bond donors (Lipinski definition) is 2. The normalized spacial score (nSPS) is 20.8. The van der Waals surface area contributed by atoms with Crippen molar-refractivity contribution in [3.8, 4) is 0 Å². The van der Waals surface area contributed by atoms with E-state index in [2.05, 4.69) is 15.2 Å². The van der Waals surface area contributed by atoms with Gasteiger partial charge in [-0.3, -0.25) is 14.5 Å². The fourth-order valence-electron chi connectivity index (χ4n) is 2.73. The van der Waals surface area contributed by atoms with Crippen LogP contribution in [-0.2, 0) is 0 Å². The molecular weight excluding hydrogens is 256 g/mol. The van der Waals surface area contributed by atoms with Crippen molar-refractivity contribution in [3.63, 3.8) is 0 Å². The number of aromatic amines is 1. The van der Waals surface area contributed by atoms with Crippen molar-refractivity contribution in [1.29, 1.82) is 0 Å². The van der Waals surface area contributed by atoms with E-state index in [1.54, 1.807) is 24.0 Å². The van der Waals surface area contributed by atoms with Crippen LogP contribution in [-0.4, -0.2) is 66.0 Å². The summed E-state index contributed by atoms with van der Waals surface area (Å²) in [6.07, 6.45) is 0. The minimum atomic E-state index is -0.291. The Labute approximate surface area is 117 Å². The van der Waals surface area contributed by atoms with Crippen LogP contribution < -0.4 is 10.9 Å². The van der Waals surface area contributed by atoms with Crippen molar-refractivity contribution in [2.75, 3.05) is 39.3 Å². The summed E-state index contributed by atoms with van der Waals surface area (Å²) >= 11 is 0. The van der Waals surface area contributed by atoms with Crippen LogP contribution in [0.2, 0.25) is 0 Å². The smallest absolute Gasteiger partial charge is 0.260 e. The second kappa shape index (κ2) is 5.38. The Balaban J connectivity index is 1.65. The average molecular weight is 276 g/mol. The van der Waals surface area contributed by atoms with E-state index in [1.807, 2.05) is 0 Å². The molecule has 1 aromatic heterocycles. The second-order valence-electron chi connectivity index (χ2n) is 5.52.